The molecule has 3 heterocycles. The van der Waals surface area contributed by atoms with E-state index < -0.39 is 0 Å². The Balaban J connectivity index is 1.26. The van der Waals surface area contributed by atoms with Gasteiger partial charge in [0.05, 0.1) is 6.54 Å². The second-order valence-electron chi connectivity index (χ2n) is 8.16. The fourth-order valence-electron chi connectivity index (χ4n) is 4.23. The molecule has 1 aromatic carbocycles. The molecule has 2 amide bonds. The third-order valence-corrected chi connectivity index (χ3v) is 5.96. The molecular formula is C23H30N6O2. The van der Waals surface area contributed by atoms with E-state index in [1.54, 1.807) is 6.20 Å². The number of rotatable bonds is 7. The third kappa shape index (κ3) is 5.79. The molecule has 0 saturated carbocycles. The lowest BCUT2D eigenvalue weighted by atomic mass is 10.1. The Hall–Kier alpha value is -3.00. The summed E-state index contributed by atoms with van der Waals surface area (Å²) < 4.78 is 0. The zero-order valence-corrected chi connectivity index (χ0v) is 17.9. The molecule has 0 radical (unpaired) electrons. The van der Waals surface area contributed by atoms with Gasteiger partial charge in [-0.2, -0.15) is 5.10 Å². The molecule has 31 heavy (non-hydrogen) atoms. The normalized spacial score (nSPS) is 17.6. The Labute approximate surface area is 183 Å². The number of nitrogens with one attached hydrogen (secondary N) is 1. The number of hydrogen-bond donors (Lipinski definition) is 1. The van der Waals surface area contributed by atoms with E-state index in [2.05, 4.69) is 25.3 Å². The molecule has 4 rings (SSSR count). The highest BCUT2D eigenvalue weighted by atomic mass is 16.2. The highest BCUT2D eigenvalue weighted by molar-refractivity contribution is 5.78. The van der Waals surface area contributed by atoms with Crippen LogP contribution in [-0.2, 0) is 22.7 Å². The lowest BCUT2D eigenvalue weighted by Gasteiger charge is -2.22. The van der Waals surface area contributed by atoms with E-state index in [4.69, 9.17) is 0 Å². The number of carbonyl (C=O) groups excluding carboxylic acids is 2. The van der Waals surface area contributed by atoms with Crippen LogP contribution in [0.15, 0.2) is 42.6 Å². The van der Waals surface area contributed by atoms with Crippen LogP contribution in [-0.4, -0.2) is 71.1 Å². The lowest BCUT2D eigenvalue weighted by Crippen LogP contribution is -2.39. The van der Waals surface area contributed by atoms with E-state index in [-0.39, 0.29) is 11.8 Å². The van der Waals surface area contributed by atoms with Gasteiger partial charge in [0.25, 0.3) is 0 Å². The van der Waals surface area contributed by atoms with Crippen molar-refractivity contribution in [3.63, 3.8) is 0 Å². The SMILES string of the molecule is O=C(CN1CCCN(c2cccnn2)CC1)NCc1ccccc1CN1CCCC1=O. The summed E-state index contributed by atoms with van der Waals surface area (Å²) in [6.45, 7) is 5.76. The van der Waals surface area contributed by atoms with E-state index >= 15 is 0 Å². The van der Waals surface area contributed by atoms with Gasteiger partial charge >= 0.3 is 0 Å². The molecule has 2 aromatic rings. The predicted molar refractivity (Wildman–Crippen MR) is 118 cm³/mol. The van der Waals surface area contributed by atoms with Gasteiger partial charge in [-0.3, -0.25) is 14.5 Å². The average Bonchev–Trinajstić information content (AvgIpc) is 3.05. The minimum absolute atomic E-state index is 0.0278. The topological polar surface area (TPSA) is 81.7 Å². The Morgan fingerprint density at radius 1 is 0.968 bits per heavy atom. The summed E-state index contributed by atoms with van der Waals surface area (Å²) in [5.41, 5.74) is 2.17. The second-order valence-corrected chi connectivity index (χ2v) is 8.16. The molecule has 1 N–H and O–H groups in total. The number of benzene rings is 1. The Morgan fingerprint density at radius 3 is 2.61 bits per heavy atom. The van der Waals surface area contributed by atoms with Crippen molar-refractivity contribution in [2.24, 2.45) is 0 Å². The molecule has 8 nitrogen and oxygen atoms in total. The summed E-state index contributed by atoms with van der Waals surface area (Å²) in [6.07, 6.45) is 4.24. The van der Waals surface area contributed by atoms with E-state index in [0.717, 1.165) is 62.5 Å². The Kier molecular flexibility index (Phi) is 7.09. The van der Waals surface area contributed by atoms with Gasteiger partial charge in [-0.25, -0.2) is 0 Å². The summed E-state index contributed by atoms with van der Waals surface area (Å²) >= 11 is 0. The van der Waals surface area contributed by atoms with E-state index in [0.29, 0.717) is 26.1 Å². The molecule has 2 saturated heterocycles. The third-order valence-electron chi connectivity index (χ3n) is 5.96. The first kappa shape index (κ1) is 21.2. The summed E-state index contributed by atoms with van der Waals surface area (Å²) in [5.74, 6) is 1.14. The van der Waals surface area contributed by atoms with E-state index in [1.807, 2.05) is 41.3 Å². The number of likely N-dealkylation sites (tertiary alicyclic amines) is 1. The minimum Gasteiger partial charge on any atom is -0.354 e. The van der Waals surface area contributed by atoms with Crippen LogP contribution < -0.4 is 10.2 Å². The molecular weight excluding hydrogens is 392 g/mol. The van der Waals surface area contributed by atoms with Crippen molar-refractivity contribution in [2.45, 2.75) is 32.4 Å². The maximum absolute atomic E-state index is 12.6. The number of hydrogen-bond acceptors (Lipinski definition) is 6. The van der Waals surface area contributed by atoms with Crippen molar-refractivity contribution < 1.29 is 9.59 Å². The molecule has 8 heteroatoms. The standard InChI is InChI=1S/C23H30N6O2/c30-22(18-27-11-5-13-28(15-14-27)21-8-3-10-25-26-21)24-16-19-6-1-2-7-20(19)17-29-12-4-9-23(29)31/h1-3,6-8,10H,4-5,9,11-18H2,(H,24,30). The van der Waals surface area contributed by atoms with Gasteiger partial charge in [-0.1, -0.05) is 24.3 Å². The van der Waals surface area contributed by atoms with Gasteiger partial charge in [0.1, 0.15) is 0 Å². The minimum atomic E-state index is 0.0278. The first-order valence-corrected chi connectivity index (χ1v) is 11.1. The van der Waals surface area contributed by atoms with Crippen LogP contribution in [0.1, 0.15) is 30.4 Å². The highest BCUT2D eigenvalue weighted by Gasteiger charge is 2.21. The maximum atomic E-state index is 12.6. The highest BCUT2D eigenvalue weighted by Crippen LogP contribution is 2.17. The molecule has 2 fully saturated rings. The molecule has 164 valence electrons. The second kappa shape index (κ2) is 10.3. The number of carbonyl (C=O) groups is 2. The predicted octanol–water partition coefficient (Wildman–Crippen LogP) is 1.43. The monoisotopic (exact) mass is 422 g/mol. The summed E-state index contributed by atoms with van der Waals surface area (Å²) in [6, 6.07) is 11.9. The zero-order chi connectivity index (χ0) is 21.5. The van der Waals surface area contributed by atoms with E-state index in [1.165, 1.54) is 0 Å². The van der Waals surface area contributed by atoms with Gasteiger partial charge in [-0.05, 0) is 36.1 Å². The quantitative estimate of drug-likeness (QED) is 0.727. The van der Waals surface area contributed by atoms with Crippen LogP contribution in [0.4, 0.5) is 5.82 Å². The number of amides is 2. The smallest absolute Gasteiger partial charge is 0.234 e. The van der Waals surface area contributed by atoms with Crippen LogP contribution >= 0.6 is 0 Å². The van der Waals surface area contributed by atoms with Crippen LogP contribution in [0.5, 0.6) is 0 Å². The summed E-state index contributed by atoms with van der Waals surface area (Å²) in [4.78, 5) is 30.9. The Morgan fingerprint density at radius 2 is 1.84 bits per heavy atom. The average molecular weight is 423 g/mol. The Bertz CT molecular complexity index is 891. The molecule has 0 spiro atoms. The van der Waals surface area contributed by atoms with Crippen molar-refractivity contribution in [1.82, 2.24) is 25.3 Å². The first-order chi connectivity index (χ1) is 15.2. The number of aromatic nitrogens is 2. The molecule has 0 atom stereocenters. The van der Waals surface area contributed by atoms with Gasteiger partial charge < -0.3 is 15.1 Å². The van der Waals surface area contributed by atoms with Gasteiger partial charge in [0.2, 0.25) is 11.8 Å². The molecule has 2 aliphatic rings. The summed E-state index contributed by atoms with van der Waals surface area (Å²) in [5, 5.41) is 11.2. The molecule has 1 aromatic heterocycles. The molecule has 0 unspecified atom stereocenters. The molecule has 0 aliphatic carbocycles. The fraction of sp³-hybridized carbons (Fsp3) is 0.478. The van der Waals surface area contributed by atoms with Gasteiger partial charge in [-0.15, -0.1) is 5.10 Å². The van der Waals surface area contributed by atoms with Crippen molar-refractivity contribution >= 4 is 17.6 Å². The van der Waals surface area contributed by atoms with Crippen molar-refractivity contribution in [3.05, 3.63) is 53.7 Å². The number of nitrogens with zero attached hydrogens (tertiary/aromatic N) is 5. The van der Waals surface area contributed by atoms with Crippen LogP contribution in [0.2, 0.25) is 0 Å². The van der Waals surface area contributed by atoms with Gasteiger partial charge in [0, 0.05) is 58.4 Å². The van der Waals surface area contributed by atoms with Gasteiger partial charge in [0.15, 0.2) is 5.82 Å². The largest absolute Gasteiger partial charge is 0.354 e. The van der Waals surface area contributed by atoms with Crippen LogP contribution in [0.25, 0.3) is 0 Å². The molecule has 2 aliphatic heterocycles. The fourth-order valence-corrected chi connectivity index (χ4v) is 4.23. The van der Waals surface area contributed by atoms with Crippen LogP contribution in [0, 0.1) is 0 Å². The lowest BCUT2D eigenvalue weighted by molar-refractivity contribution is -0.128. The molecule has 0 bridgehead atoms. The maximum Gasteiger partial charge on any atom is 0.234 e. The first-order valence-electron chi connectivity index (χ1n) is 11.1. The van der Waals surface area contributed by atoms with Crippen molar-refractivity contribution in [1.29, 1.82) is 0 Å². The summed E-state index contributed by atoms with van der Waals surface area (Å²) in [7, 11) is 0. The van der Waals surface area contributed by atoms with Crippen molar-refractivity contribution in [2.75, 3.05) is 44.2 Å². The van der Waals surface area contributed by atoms with Crippen LogP contribution in [0.3, 0.4) is 0 Å². The van der Waals surface area contributed by atoms with E-state index in [9.17, 15) is 9.59 Å². The zero-order valence-electron chi connectivity index (χ0n) is 17.9. The number of anilines is 1. The van der Waals surface area contributed by atoms with Crippen molar-refractivity contribution in [3.8, 4) is 0 Å².